The van der Waals surface area contributed by atoms with Crippen LogP contribution in [0, 0.1) is 0 Å². The van der Waals surface area contributed by atoms with E-state index in [2.05, 4.69) is 6.92 Å². The highest BCUT2D eigenvalue weighted by atomic mass is 16.5. The third-order valence-electron chi connectivity index (χ3n) is 4.68. The third kappa shape index (κ3) is 5.77. The highest BCUT2D eigenvalue weighted by Crippen LogP contribution is 2.26. The Bertz CT molecular complexity index is 548. The zero-order valence-corrected chi connectivity index (χ0v) is 14.9. The zero-order chi connectivity index (χ0) is 17.2. The Morgan fingerprint density at radius 1 is 0.792 bits per heavy atom. The number of hydrogen-bond donors (Lipinski definition) is 0. The van der Waals surface area contributed by atoms with Gasteiger partial charge in [-0.3, -0.25) is 9.59 Å². The molecule has 0 N–H and O–H groups in total. The van der Waals surface area contributed by atoms with Crippen LogP contribution in [-0.2, 0) is 0 Å². The van der Waals surface area contributed by atoms with Crippen molar-refractivity contribution >= 4 is 11.6 Å². The Morgan fingerprint density at radius 3 is 2.04 bits per heavy atom. The molecule has 0 bridgehead atoms. The quantitative estimate of drug-likeness (QED) is 0.362. The van der Waals surface area contributed by atoms with Gasteiger partial charge in [0.2, 0.25) is 0 Å². The number of rotatable bonds is 12. The fourth-order valence-corrected chi connectivity index (χ4v) is 3.20. The molecule has 0 spiro atoms. The molecular weight excluding hydrogens is 300 g/mol. The van der Waals surface area contributed by atoms with Crippen LogP contribution in [0.2, 0.25) is 0 Å². The first-order valence-electron chi connectivity index (χ1n) is 9.55. The molecule has 0 fully saturated rings. The van der Waals surface area contributed by atoms with Crippen LogP contribution in [0.4, 0.5) is 0 Å². The highest BCUT2D eigenvalue weighted by molar-refractivity contribution is 6.24. The molecule has 1 aromatic rings. The minimum atomic E-state index is -0.0839. The van der Waals surface area contributed by atoms with Crippen molar-refractivity contribution in [1.82, 2.24) is 0 Å². The van der Waals surface area contributed by atoms with E-state index in [1.54, 1.807) is 18.2 Å². The Labute approximate surface area is 145 Å². The average Bonchev–Trinajstić information content (AvgIpc) is 2.87. The molecule has 0 amide bonds. The first-order chi connectivity index (χ1) is 11.7. The molecule has 0 aromatic heterocycles. The van der Waals surface area contributed by atoms with Crippen molar-refractivity contribution in [1.29, 1.82) is 0 Å². The van der Waals surface area contributed by atoms with E-state index >= 15 is 0 Å². The highest BCUT2D eigenvalue weighted by Gasteiger charge is 2.27. The number of benzene rings is 1. The van der Waals surface area contributed by atoms with E-state index in [0.717, 1.165) is 6.42 Å². The molecule has 0 heterocycles. The lowest BCUT2D eigenvalue weighted by Gasteiger charge is -2.07. The summed E-state index contributed by atoms with van der Waals surface area (Å²) in [6.45, 7) is 2.93. The van der Waals surface area contributed by atoms with Crippen LogP contribution in [0.3, 0.4) is 0 Å². The van der Waals surface area contributed by atoms with E-state index in [0.29, 0.717) is 23.5 Å². The van der Waals surface area contributed by atoms with Gasteiger partial charge in [0.1, 0.15) is 5.75 Å². The maximum atomic E-state index is 11.7. The molecule has 3 nitrogen and oxygen atoms in total. The van der Waals surface area contributed by atoms with Crippen molar-refractivity contribution in [3.05, 3.63) is 29.3 Å². The average molecular weight is 330 g/mol. The summed E-state index contributed by atoms with van der Waals surface area (Å²) in [5.41, 5.74) is 1.08. The number of Topliss-reactive ketones (excluding diaryl/α,β-unsaturated/α-hetero) is 2. The van der Waals surface area contributed by atoms with Gasteiger partial charge in [-0.1, -0.05) is 64.7 Å². The van der Waals surface area contributed by atoms with Gasteiger partial charge in [-0.25, -0.2) is 0 Å². The number of ether oxygens (including phenoxy) is 1. The Morgan fingerprint density at radius 2 is 1.38 bits per heavy atom. The van der Waals surface area contributed by atoms with Gasteiger partial charge >= 0.3 is 0 Å². The topological polar surface area (TPSA) is 43.4 Å². The minimum Gasteiger partial charge on any atom is -0.494 e. The molecule has 0 atom stereocenters. The Kier molecular flexibility index (Phi) is 8.00. The molecule has 1 aliphatic carbocycles. The molecule has 0 radical (unpaired) electrons. The lowest BCUT2D eigenvalue weighted by Crippen LogP contribution is -1.99. The third-order valence-corrected chi connectivity index (χ3v) is 4.68. The van der Waals surface area contributed by atoms with Crippen molar-refractivity contribution in [2.75, 3.05) is 6.61 Å². The summed E-state index contributed by atoms with van der Waals surface area (Å²) >= 11 is 0. The molecule has 0 saturated heterocycles. The summed E-state index contributed by atoms with van der Waals surface area (Å²) in [6.07, 6.45) is 13.0. The van der Waals surface area contributed by atoms with E-state index in [1.165, 1.54) is 57.8 Å². The maximum Gasteiger partial charge on any atom is 0.171 e. The van der Waals surface area contributed by atoms with Crippen molar-refractivity contribution in [2.45, 2.75) is 77.6 Å². The van der Waals surface area contributed by atoms with Gasteiger partial charge in [0.25, 0.3) is 0 Å². The smallest absolute Gasteiger partial charge is 0.171 e. The van der Waals surface area contributed by atoms with Gasteiger partial charge in [-0.15, -0.1) is 0 Å². The predicted molar refractivity (Wildman–Crippen MR) is 97.1 cm³/mol. The Balaban J connectivity index is 1.53. The summed E-state index contributed by atoms with van der Waals surface area (Å²) in [6, 6.07) is 5.24. The minimum absolute atomic E-state index is 0.0111. The largest absolute Gasteiger partial charge is 0.494 e. The van der Waals surface area contributed by atoms with Gasteiger partial charge < -0.3 is 4.74 Å². The SMILES string of the molecule is CCCCCCCCCCCCOc1ccc2c(c1)C(=O)CC2=O. The van der Waals surface area contributed by atoms with Crippen molar-refractivity contribution in [3.8, 4) is 5.75 Å². The van der Waals surface area contributed by atoms with Crippen LogP contribution in [-0.4, -0.2) is 18.2 Å². The van der Waals surface area contributed by atoms with Crippen LogP contribution < -0.4 is 4.74 Å². The normalized spacial score (nSPS) is 13.4. The molecule has 132 valence electrons. The van der Waals surface area contributed by atoms with Crippen LogP contribution in [0.25, 0.3) is 0 Å². The molecule has 24 heavy (non-hydrogen) atoms. The number of unbranched alkanes of at least 4 members (excludes halogenated alkanes) is 9. The van der Waals surface area contributed by atoms with Crippen molar-refractivity contribution < 1.29 is 14.3 Å². The van der Waals surface area contributed by atoms with Crippen molar-refractivity contribution in [3.63, 3.8) is 0 Å². The van der Waals surface area contributed by atoms with E-state index in [9.17, 15) is 9.59 Å². The zero-order valence-electron chi connectivity index (χ0n) is 14.9. The van der Waals surface area contributed by atoms with Crippen LogP contribution in [0.1, 0.15) is 98.3 Å². The van der Waals surface area contributed by atoms with Gasteiger partial charge in [0, 0.05) is 11.1 Å². The summed E-state index contributed by atoms with van der Waals surface area (Å²) in [5, 5.41) is 0. The van der Waals surface area contributed by atoms with Crippen LogP contribution in [0.5, 0.6) is 5.75 Å². The molecule has 0 saturated carbocycles. The second-order valence-electron chi connectivity index (χ2n) is 6.76. The molecular formula is C21H30O3. The van der Waals surface area contributed by atoms with E-state index in [4.69, 9.17) is 4.74 Å². The summed E-state index contributed by atoms with van der Waals surface area (Å²) in [4.78, 5) is 23.3. The van der Waals surface area contributed by atoms with Gasteiger partial charge in [-0.05, 0) is 24.6 Å². The number of hydrogen-bond acceptors (Lipinski definition) is 3. The second-order valence-corrected chi connectivity index (χ2v) is 6.76. The van der Waals surface area contributed by atoms with E-state index < -0.39 is 0 Å². The fraction of sp³-hybridized carbons (Fsp3) is 0.619. The second kappa shape index (κ2) is 10.3. The predicted octanol–water partition coefficient (Wildman–Crippen LogP) is 5.76. The number of carbonyl (C=O) groups excluding carboxylic acids is 2. The van der Waals surface area contributed by atoms with Gasteiger partial charge in [-0.2, -0.15) is 0 Å². The lowest BCUT2D eigenvalue weighted by atomic mass is 10.1. The lowest BCUT2D eigenvalue weighted by molar-refractivity contribution is 0.0923. The van der Waals surface area contributed by atoms with Crippen LogP contribution >= 0.6 is 0 Å². The number of ketones is 2. The van der Waals surface area contributed by atoms with E-state index in [-0.39, 0.29) is 18.0 Å². The molecule has 0 aliphatic heterocycles. The standard InChI is InChI=1S/C21H30O3/c1-2-3-4-5-6-7-8-9-10-11-14-24-17-12-13-18-19(15-17)21(23)16-20(18)22/h12-13,15H,2-11,14,16H2,1H3. The molecule has 1 aliphatic rings. The van der Waals surface area contributed by atoms with E-state index in [1.807, 2.05) is 0 Å². The number of fused-ring (bicyclic) bond motifs is 1. The first kappa shape index (κ1) is 18.7. The summed E-state index contributed by atoms with van der Waals surface area (Å²) < 4.78 is 5.72. The first-order valence-corrected chi connectivity index (χ1v) is 9.55. The summed E-state index contributed by atoms with van der Waals surface area (Å²) in [7, 11) is 0. The summed E-state index contributed by atoms with van der Waals surface area (Å²) in [5.74, 6) is 0.545. The molecule has 3 heteroatoms. The molecule has 1 aromatic carbocycles. The maximum absolute atomic E-state index is 11.7. The van der Waals surface area contributed by atoms with Gasteiger partial charge in [0.05, 0.1) is 13.0 Å². The fourth-order valence-electron chi connectivity index (χ4n) is 3.20. The Hall–Kier alpha value is -1.64. The molecule has 2 rings (SSSR count). The molecule has 0 unspecified atom stereocenters. The number of carbonyl (C=O) groups is 2. The monoisotopic (exact) mass is 330 g/mol. The van der Waals surface area contributed by atoms with Gasteiger partial charge in [0.15, 0.2) is 11.6 Å². The van der Waals surface area contributed by atoms with Crippen LogP contribution in [0.15, 0.2) is 18.2 Å². The van der Waals surface area contributed by atoms with Crippen molar-refractivity contribution in [2.24, 2.45) is 0 Å².